The molecule has 0 radical (unpaired) electrons. The van der Waals surface area contributed by atoms with E-state index in [1.165, 1.54) is 19.3 Å². The van der Waals surface area contributed by atoms with Gasteiger partial charge in [-0.1, -0.05) is 32.1 Å². The fourth-order valence-corrected chi connectivity index (χ4v) is 3.03. The van der Waals surface area contributed by atoms with Gasteiger partial charge in [-0.25, -0.2) is 0 Å². The molecule has 0 aromatic rings. The van der Waals surface area contributed by atoms with Crippen molar-refractivity contribution in [3.05, 3.63) is 0 Å². The third kappa shape index (κ3) is 3.21. The Balaban J connectivity index is 1.76. The SMILES string of the molecule is O=C(CC1(O)CCCCC1)NC1CCCC1. The normalized spacial score (nSPS) is 25.6. The van der Waals surface area contributed by atoms with E-state index in [2.05, 4.69) is 5.32 Å². The summed E-state index contributed by atoms with van der Waals surface area (Å²) in [5.74, 6) is 0.0521. The number of nitrogens with one attached hydrogen (secondary N) is 1. The minimum Gasteiger partial charge on any atom is -0.389 e. The zero-order valence-corrected chi connectivity index (χ0v) is 10.0. The Kier molecular flexibility index (Phi) is 3.85. The molecule has 0 bridgehead atoms. The van der Waals surface area contributed by atoms with Crippen molar-refractivity contribution >= 4 is 5.91 Å². The van der Waals surface area contributed by atoms with Gasteiger partial charge in [0.05, 0.1) is 12.0 Å². The summed E-state index contributed by atoms with van der Waals surface area (Å²) >= 11 is 0. The molecule has 16 heavy (non-hydrogen) atoms. The molecular formula is C13H23NO2. The number of amides is 1. The number of hydrogen-bond donors (Lipinski definition) is 2. The molecule has 2 saturated carbocycles. The summed E-state index contributed by atoms with van der Waals surface area (Å²) in [5, 5.41) is 13.3. The summed E-state index contributed by atoms with van der Waals surface area (Å²) in [6.45, 7) is 0. The van der Waals surface area contributed by atoms with Gasteiger partial charge < -0.3 is 10.4 Å². The monoisotopic (exact) mass is 225 g/mol. The predicted octanol–water partition coefficient (Wildman–Crippen LogP) is 2.13. The highest BCUT2D eigenvalue weighted by Crippen LogP contribution is 2.31. The molecule has 0 unspecified atom stereocenters. The lowest BCUT2D eigenvalue weighted by atomic mass is 9.82. The van der Waals surface area contributed by atoms with E-state index in [9.17, 15) is 9.90 Å². The van der Waals surface area contributed by atoms with Crippen LogP contribution in [0.2, 0.25) is 0 Å². The summed E-state index contributed by atoms with van der Waals surface area (Å²) in [6, 6.07) is 0.375. The van der Waals surface area contributed by atoms with Crippen LogP contribution in [0.1, 0.15) is 64.2 Å². The number of carbonyl (C=O) groups excluding carboxylic acids is 1. The molecule has 0 saturated heterocycles. The second-order valence-electron chi connectivity index (χ2n) is 5.51. The molecule has 2 fully saturated rings. The Morgan fingerprint density at radius 1 is 1.12 bits per heavy atom. The molecule has 0 spiro atoms. The lowest BCUT2D eigenvalue weighted by Gasteiger charge is -2.31. The van der Waals surface area contributed by atoms with Crippen molar-refractivity contribution in [2.75, 3.05) is 0 Å². The van der Waals surface area contributed by atoms with E-state index in [1.54, 1.807) is 0 Å². The highest BCUT2D eigenvalue weighted by molar-refractivity contribution is 5.77. The molecule has 92 valence electrons. The molecule has 0 aliphatic heterocycles. The van der Waals surface area contributed by atoms with Crippen molar-refractivity contribution in [1.29, 1.82) is 0 Å². The second-order valence-corrected chi connectivity index (χ2v) is 5.51. The van der Waals surface area contributed by atoms with E-state index in [4.69, 9.17) is 0 Å². The maximum Gasteiger partial charge on any atom is 0.223 e. The van der Waals surface area contributed by atoms with Crippen molar-refractivity contribution in [2.24, 2.45) is 0 Å². The van der Waals surface area contributed by atoms with E-state index in [0.29, 0.717) is 12.5 Å². The van der Waals surface area contributed by atoms with Crippen LogP contribution in [0.3, 0.4) is 0 Å². The third-order valence-electron chi connectivity index (χ3n) is 3.99. The smallest absolute Gasteiger partial charge is 0.223 e. The molecule has 3 heteroatoms. The fraction of sp³-hybridized carbons (Fsp3) is 0.923. The van der Waals surface area contributed by atoms with Gasteiger partial charge in [-0.15, -0.1) is 0 Å². The minimum atomic E-state index is -0.707. The van der Waals surface area contributed by atoms with Crippen LogP contribution in [0.25, 0.3) is 0 Å². The quantitative estimate of drug-likeness (QED) is 0.773. The van der Waals surface area contributed by atoms with Gasteiger partial charge in [0.1, 0.15) is 0 Å². The number of aliphatic hydroxyl groups is 1. The number of carbonyl (C=O) groups is 1. The molecule has 2 aliphatic rings. The summed E-state index contributed by atoms with van der Waals surface area (Å²) in [5.41, 5.74) is -0.707. The molecule has 2 aliphatic carbocycles. The average Bonchev–Trinajstić information content (AvgIpc) is 2.70. The highest BCUT2D eigenvalue weighted by Gasteiger charge is 2.32. The molecule has 0 atom stereocenters. The molecular weight excluding hydrogens is 202 g/mol. The van der Waals surface area contributed by atoms with Crippen molar-refractivity contribution in [1.82, 2.24) is 5.32 Å². The van der Waals surface area contributed by atoms with Crippen LogP contribution in [-0.2, 0) is 4.79 Å². The van der Waals surface area contributed by atoms with Crippen LogP contribution >= 0.6 is 0 Å². The predicted molar refractivity (Wildman–Crippen MR) is 63.1 cm³/mol. The summed E-state index contributed by atoms with van der Waals surface area (Å²) in [4.78, 5) is 11.8. The minimum absolute atomic E-state index is 0.0521. The van der Waals surface area contributed by atoms with Gasteiger partial charge in [0.15, 0.2) is 0 Å². The zero-order valence-electron chi connectivity index (χ0n) is 10.0. The van der Waals surface area contributed by atoms with Crippen LogP contribution in [0.5, 0.6) is 0 Å². The van der Waals surface area contributed by atoms with Gasteiger partial charge in [-0.3, -0.25) is 4.79 Å². The maximum absolute atomic E-state index is 11.8. The standard InChI is InChI=1S/C13H23NO2/c15-12(14-11-6-2-3-7-11)10-13(16)8-4-1-5-9-13/h11,16H,1-10H2,(H,14,15). The lowest BCUT2D eigenvalue weighted by Crippen LogP contribution is -2.41. The largest absolute Gasteiger partial charge is 0.389 e. The van der Waals surface area contributed by atoms with E-state index in [-0.39, 0.29) is 5.91 Å². The Hall–Kier alpha value is -0.570. The van der Waals surface area contributed by atoms with Crippen molar-refractivity contribution in [3.8, 4) is 0 Å². The van der Waals surface area contributed by atoms with E-state index in [0.717, 1.165) is 38.5 Å². The van der Waals surface area contributed by atoms with Gasteiger partial charge in [0.2, 0.25) is 5.91 Å². The maximum atomic E-state index is 11.8. The van der Waals surface area contributed by atoms with Crippen LogP contribution in [0.4, 0.5) is 0 Å². The summed E-state index contributed by atoms with van der Waals surface area (Å²) < 4.78 is 0. The van der Waals surface area contributed by atoms with Crippen LogP contribution in [0, 0.1) is 0 Å². The van der Waals surface area contributed by atoms with Crippen molar-refractivity contribution < 1.29 is 9.90 Å². The lowest BCUT2D eigenvalue weighted by molar-refractivity contribution is -0.128. The molecule has 2 rings (SSSR count). The van der Waals surface area contributed by atoms with Gasteiger partial charge in [0, 0.05) is 6.04 Å². The van der Waals surface area contributed by atoms with Gasteiger partial charge in [-0.05, 0) is 25.7 Å². The van der Waals surface area contributed by atoms with Crippen molar-refractivity contribution in [2.45, 2.75) is 75.9 Å². The first-order valence-corrected chi connectivity index (χ1v) is 6.70. The first-order chi connectivity index (χ1) is 7.68. The van der Waals surface area contributed by atoms with E-state index < -0.39 is 5.60 Å². The molecule has 2 N–H and O–H groups in total. The Morgan fingerprint density at radius 2 is 1.75 bits per heavy atom. The molecule has 3 nitrogen and oxygen atoms in total. The molecule has 1 amide bonds. The van der Waals surface area contributed by atoms with E-state index in [1.807, 2.05) is 0 Å². The second kappa shape index (κ2) is 5.17. The molecule has 0 heterocycles. The summed E-state index contributed by atoms with van der Waals surface area (Å²) in [7, 11) is 0. The van der Waals surface area contributed by atoms with Crippen LogP contribution < -0.4 is 5.32 Å². The van der Waals surface area contributed by atoms with Gasteiger partial charge in [0.25, 0.3) is 0 Å². The van der Waals surface area contributed by atoms with E-state index >= 15 is 0 Å². The Bertz CT molecular complexity index is 240. The first-order valence-electron chi connectivity index (χ1n) is 6.70. The Labute approximate surface area is 97.6 Å². The number of rotatable bonds is 3. The third-order valence-corrected chi connectivity index (χ3v) is 3.99. The summed E-state index contributed by atoms with van der Waals surface area (Å²) in [6.07, 6.45) is 9.92. The van der Waals surface area contributed by atoms with Crippen LogP contribution in [0.15, 0.2) is 0 Å². The Morgan fingerprint density at radius 3 is 2.38 bits per heavy atom. The topological polar surface area (TPSA) is 49.3 Å². The average molecular weight is 225 g/mol. The highest BCUT2D eigenvalue weighted by atomic mass is 16.3. The fourth-order valence-electron chi connectivity index (χ4n) is 3.03. The number of hydrogen-bond acceptors (Lipinski definition) is 2. The van der Waals surface area contributed by atoms with Crippen molar-refractivity contribution in [3.63, 3.8) is 0 Å². The molecule has 0 aromatic carbocycles. The zero-order chi connectivity index (χ0) is 11.4. The molecule has 0 aromatic heterocycles. The van der Waals surface area contributed by atoms with Crippen LogP contribution in [-0.4, -0.2) is 22.7 Å². The first kappa shape index (κ1) is 11.9. The van der Waals surface area contributed by atoms with Gasteiger partial charge in [-0.2, -0.15) is 0 Å². The van der Waals surface area contributed by atoms with Gasteiger partial charge >= 0.3 is 0 Å².